The summed E-state index contributed by atoms with van der Waals surface area (Å²) in [6, 6.07) is 0. The van der Waals surface area contributed by atoms with Crippen LogP contribution in [0.25, 0.3) is 0 Å². The number of Topliss-reactive ketones (excluding diaryl/α,β-unsaturated/α-hetero) is 1. The highest BCUT2D eigenvalue weighted by Crippen LogP contribution is 2.74. The molecule has 0 spiro atoms. The van der Waals surface area contributed by atoms with Gasteiger partial charge in [0.2, 0.25) is 0 Å². The van der Waals surface area contributed by atoms with Crippen LogP contribution >= 0.6 is 0 Å². The van der Waals surface area contributed by atoms with Crippen LogP contribution in [0.1, 0.15) is 39.5 Å². The molecule has 4 rings (SSSR count). The van der Waals surface area contributed by atoms with Gasteiger partial charge in [-0.05, 0) is 71.4 Å². The van der Waals surface area contributed by atoms with Crippen molar-refractivity contribution in [3.63, 3.8) is 0 Å². The van der Waals surface area contributed by atoms with Crippen molar-refractivity contribution in [2.75, 3.05) is 0 Å². The second kappa shape index (κ2) is 5.95. The van der Waals surface area contributed by atoms with Crippen LogP contribution in [0.3, 0.4) is 0 Å². The van der Waals surface area contributed by atoms with Gasteiger partial charge in [-0.2, -0.15) is 0 Å². The molecule has 4 aliphatic rings. The van der Waals surface area contributed by atoms with Crippen LogP contribution < -0.4 is 0 Å². The molecule has 1 N–H and O–H groups in total. The van der Waals surface area contributed by atoms with Gasteiger partial charge < -0.3 is 5.11 Å². The summed E-state index contributed by atoms with van der Waals surface area (Å²) in [5.74, 6) is 3.30. The molecule has 9 heteroatoms. The number of fused-ring (bicyclic) bond motifs is 5. The van der Waals surface area contributed by atoms with Gasteiger partial charge in [0.1, 0.15) is 45.0 Å². The van der Waals surface area contributed by atoms with Crippen LogP contribution in [-0.2, 0) is 4.79 Å². The highest BCUT2D eigenvalue weighted by molar-refractivity contribution is 6.60. The lowest BCUT2D eigenvalue weighted by Crippen LogP contribution is -2.61. The van der Waals surface area contributed by atoms with Crippen molar-refractivity contribution in [1.82, 2.24) is 0 Å². The van der Waals surface area contributed by atoms with Crippen LogP contribution in [0.4, 0.5) is 0 Å². The van der Waals surface area contributed by atoms with Gasteiger partial charge in [-0.3, -0.25) is 4.79 Å². The van der Waals surface area contributed by atoms with E-state index in [-0.39, 0.29) is 27.2 Å². The molecule has 0 heterocycles. The third kappa shape index (κ3) is 2.38. The summed E-state index contributed by atoms with van der Waals surface area (Å²) in [6.07, 6.45) is 4.11. The van der Waals surface area contributed by atoms with Crippen molar-refractivity contribution in [2.45, 2.75) is 61.3 Å². The van der Waals surface area contributed by atoms with Gasteiger partial charge in [-0.1, -0.05) is 29.8 Å². The fourth-order valence-electron chi connectivity index (χ4n) is 8.88. The van der Waals surface area contributed by atoms with E-state index in [4.69, 9.17) is 0 Å². The predicted molar refractivity (Wildman–Crippen MR) is 136 cm³/mol. The number of rotatable bonds is 0. The number of ketones is 1. The molecule has 3 saturated carbocycles. The Morgan fingerprint density at radius 3 is 2.25 bits per heavy atom. The topological polar surface area (TPSA) is 37.3 Å². The summed E-state index contributed by atoms with van der Waals surface area (Å²) in [5, 5.41) is 10.8. The first kappa shape index (κ1) is 21.1. The molecule has 0 bridgehead atoms. The third-order valence-electron chi connectivity index (χ3n) is 10.7. The van der Waals surface area contributed by atoms with Gasteiger partial charge in [0.15, 0.2) is 0 Å². The van der Waals surface area contributed by atoms with Crippen molar-refractivity contribution >= 4 is 60.7 Å². The van der Waals surface area contributed by atoms with E-state index in [1.54, 1.807) is 0 Å². The highest BCUT2D eigenvalue weighted by Gasteiger charge is 2.66. The molecule has 2 nitrogen and oxygen atoms in total. The number of aliphatic hydroxyl groups excluding tert-OH is 1. The number of carbonyl (C=O) groups excluding carboxylic acids is 1. The smallest absolute Gasteiger partial charge is 0.143 e. The van der Waals surface area contributed by atoms with Gasteiger partial charge in [0.05, 0.1) is 21.8 Å². The lowest BCUT2D eigenvalue weighted by atomic mass is 9.17. The van der Waals surface area contributed by atoms with E-state index < -0.39 is 0 Å². The summed E-state index contributed by atoms with van der Waals surface area (Å²) in [7, 11) is 16.2. The molecule has 0 aromatic heterocycles. The van der Waals surface area contributed by atoms with Crippen LogP contribution in [0.5, 0.6) is 0 Å². The quantitative estimate of drug-likeness (QED) is 0.453. The molecular weight excluding hydrogens is 336 g/mol. The van der Waals surface area contributed by atoms with E-state index in [9.17, 15) is 9.90 Å². The first-order valence-electron chi connectivity index (χ1n) is 11.6. The zero-order chi connectivity index (χ0) is 21.0. The molecule has 28 heavy (non-hydrogen) atoms. The first-order chi connectivity index (χ1) is 12.7. The standard InChI is InChI=1S/C19H35B7O2/c1-7-5-16(2)9(3-4-10(16)27)13-11(7)8-6-17(21,22)15(28)14(20)12(8)18(23,24)19(13,25)26/h7-11,13,27H,3-6,20-26H2,1-2H3/t7-,8+,9?,10-,11?,13?,16-/m0/s1. The molecule has 0 amide bonds. The second-order valence-electron chi connectivity index (χ2n) is 12.9. The van der Waals surface area contributed by atoms with Crippen molar-refractivity contribution in [2.24, 2.45) is 35.0 Å². The Balaban J connectivity index is 1.94. The maximum atomic E-state index is 13.2. The SMILES string of the molecule is BC1=C2[C@H](CC(B)(B)C1=O)C1C(C3CC[C@H](O)[C@@]3(C)C[C@@H]1C)C(B)(B)C2(B)B. The molecule has 3 fully saturated rings. The highest BCUT2D eigenvalue weighted by atomic mass is 16.3. The number of hydrogen-bond donors (Lipinski definition) is 1. The Labute approximate surface area is 178 Å². The molecule has 0 aliphatic heterocycles. The average molecular weight is 371 g/mol. The van der Waals surface area contributed by atoms with Gasteiger partial charge in [-0.25, -0.2) is 0 Å². The van der Waals surface area contributed by atoms with Crippen LogP contribution in [0.15, 0.2) is 11.0 Å². The van der Waals surface area contributed by atoms with E-state index in [1.165, 1.54) is 5.57 Å². The molecule has 0 aromatic carbocycles. The Morgan fingerprint density at radius 2 is 1.64 bits per heavy atom. The minimum Gasteiger partial charge on any atom is -0.393 e. The molecule has 3 unspecified atom stereocenters. The predicted octanol–water partition coefficient (Wildman–Crippen LogP) is -3.33. The molecule has 0 saturated heterocycles. The fourth-order valence-corrected chi connectivity index (χ4v) is 8.88. The summed E-state index contributed by atoms with van der Waals surface area (Å²) >= 11 is 0. The van der Waals surface area contributed by atoms with Crippen molar-refractivity contribution in [3.05, 3.63) is 11.0 Å². The van der Waals surface area contributed by atoms with E-state index in [0.29, 0.717) is 35.4 Å². The van der Waals surface area contributed by atoms with Crippen molar-refractivity contribution in [1.29, 1.82) is 0 Å². The third-order valence-corrected chi connectivity index (χ3v) is 10.7. The Morgan fingerprint density at radius 1 is 1.04 bits per heavy atom. The van der Waals surface area contributed by atoms with Crippen molar-refractivity contribution in [3.8, 4) is 0 Å². The normalized spacial score (nSPS) is 48.5. The Hall–Kier alpha value is -0.175. The van der Waals surface area contributed by atoms with Gasteiger partial charge >= 0.3 is 0 Å². The molecular formula is C19H35B7O2. The van der Waals surface area contributed by atoms with E-state index in [2.05, 4.69) is 68.8 Å². The van der Waals surface area contributed by atoms with Crippen molar-refractivity contribution < 1.29 is 9.90 Å². The minimum absolute atomic E-state index is 0.000584. The minimum atomic E-state index is -0.254. The monoisotopic (exact) mass is 372 g/mol. The van der Waals surface area contributed by atoms with Gasteiger partial charge in [0.25, 0.3) is 0 Å². The maximum Gasteiger partial charge on any atom is 0.143 e. The van der Waals surface area contributed by atoms with Crippen LogP contribution in [0, 0.1) is 35.0 Å². The van der Waals surface area contributed by atoms with E-state index >= 15 is 0 Å². The van der Waals surface area contributed by atoms with Crippen LogP contribution in [-0.4, -0.2) is 71.9 Å². The zero-order valence-electron chi connectivity index (χ0n) is 19.6. The summed E-state index contributed by atoms with van der Waals surface area (Å²) in [6.45, 7) is 4.81. The first-order valence-corrected chi connectivity index (χ1v) is 11.6. The fraction of sp³-hybridized carbons (Fsp3) is 0.842. The Bertz CT molecular complexity index is 761. The summed E-state index contributed by atoms with van der Waals surface area (Å²) < 4.78 is 0. The summed E-state index contributed by atoms with van der Waals surface area (Å²) in [4.78, 5) is 13.2. The number of hydrogen-bond acceptors (Lipinski definition) is 2. The lowest BCUT2D eigenvalue weighted by molar-refractivity contribution is -0.119. The molecule has 0 aromatic rings. The summed E-state index contributed by atoms with van der Waals surface area (Å²) in [5.41, 5.74) is 2.59. The number of carbonyl (C=O) groups is 1. The molecule has 4 aliphatic carbocycles. The molecule has 0 radical (unpaired) electrons. The van der Waals surface area contributed by atoms with E-state index in [1.807, 2.05) is 0 Å². The number of allylic oxidation sites excluding steroid dienone is 1. The van der Waals surface area contributed by atoms with Gasteiger partial charge in [0, 0.05) is 0 Å². The van der Waals surface area contributed by atoms with Crippen LogP contribution in [0.2, 0.25) is 15.6 Å². The lowest BCUT2D eigenvalue weighted by Gasteiger charge is -2.69. The zero-order valence-corrected chi connectivity index (χ0v) is 19.6. The average Bonchev–Trinajstić information content (AvgIpc) is 2.84. The van der Waals surface area contributed by atoms with E-state index in [0.717, 1.165) is 31.2 Å². The Kier molecular flexibility index (Phi) is 4.48. The molecule has 144 valence electrons. The number of aliphatic hydroxyl groups is 1. The maximum absolute atomic E-state index is 13.2. The van der Waals surface area contributed by atoms with Gasteiger partial charge in [-0.15, -0.1) is 0 Å². The molecule has 7 atom stereocenters. The largest absolute Gasteiger partial charge is 0.393 e. The second-order valence-corrected chi connectivity index (χ2v) is 12.9.